The van der Waals surface area contributed by atoms with Gasteiger partial charge in [-0.1, -0.05) is 66.7 Å². The fourth-order valence-corrected chi connectivity index (χ4v) is 3.95. The summed E-state index contributed by atoms with van der Waals surface area (Å²) in [5.74, 6) is -0.344. The fourth-order valence-electron chi connectivity index (χ4n) is 3.95. The SMILES string of the molecule is CC1Cc2ccccc2N1C(=O)CC(=O)N(Cc1ccccc1)c1ccccc1. The summed E-state index contributed by atoms with van der Waals surface area (Å²) in [6.45, 7) is 2.46. The second-order valence-corrected chi connectivity index (χ2v) is 7.42. The van der Waals surface area contributed by atoms with Gasteiger partial charge in [-0.25, -0.2) is 0 Å². The molecule has 0 aromatic heterocycles. The molecule has 0 radical (unpaired) electrons. The third kappa shape index (κ3) is 4.06. The summed E-state index contributed by atoms with van der Waals surface area (Å²) in [6.07, 6.45) is 0.670. The Kier molecular flexibility index (Phi) is 5.43. The van der Waals surface area contributed by atoms with E-state index in [0.717, 1.165) is 28.9 Å². The molecule has 0 saturated heterocycles. The third-order valence-corrected chi connectivity index (χ3v) is 5.33. The van der Waals surface area contributed by atoms with E-state index in [2.05, 4.69) is 0 Å². The number of benzene rings is 3. The topological polar surface area (TPSA) is 40.6 Å². The molecule has 3 aromatic carbocycles. The molecular weight excluding hydrogens is 360 g/mol. The molecule has 4 heteroatoms. The van der Waals surface area contributed by atoms with Crippen molar-refractivity contribution < 1.29 is 9.59 Å². The molecule has 1 unspecified atom stereocenters. The molecule has 0 saturated carbocycles. The Morgan fingerprint density at radius 2 is 1.52 bits per heavy atom. The number of nitrogens with zero attached hydrogens (tertiary/aromatic N) is 2. The van der Waals surface area contributed by atoms with E-state index in [9.17, 15) is 9.59 Å². The van der Waals surface area contributed by atoms with E-state index >= 15 is 0 Å². The van der Waals surface area contributed by atoms with Crippen LogP contribution in [0.5, 0.6) is 0 Å². The highest BCUT2D eigenvalue weighted by molar-refractivity contribution is 6.10. The highest BCUT2D eigenvalue weighted by Gasteiger charge is 2.32. The number of hydrogen-bond acceptors (Lipinski definition) is 2. The zero-order valence-corrected chi connectivity index (χ0v) is 16.5. The Hall–Kier alpha value is -3.40. The Bertz CT molecular complexity index is 1000. The first kappa shape index (κ1) is 18.9. The summed E-state index contributed by atoms with van der Waals surface area (Å²) < 4.78 is 0. The number of anilines is 2. The first-order chi connectivity index (χ1) is 14.1. The van der Waals surface area contributed by atoms with Gasteiger partial charge in [0.1, 0.15) is 6.42 Å². The summed E-state index contributed by atoms with van der Waals surface area (Å²) in [4.78, 5) is 29.8. The highest BCUT2D eigenvalue weighted by Crippen LogP contribution is 2.32. The van der Waals surface area contributed by atoms with Crippen LogP contribution in [0.3, 0.4) is 0 Å². The first-order valence-corrected chi connectivity index (χ1v) is 9.93. The van der Waals surface area contributed by atoms with Crippen molar-refractivity contribution in [3.8, 4) is 0 Å². The van der Waals surface area contributed by atoms with Crippen LogP contribution in [0.1, 0.15) is 24.5 Å². The molecule has 0 fully saturated rings. The van der Waals surface area contributed by atoms with Crippen LogP contribution in [-0.2, 0) is 22.6 Å². The summed E-state index contributed by atoms with van der Waals surface area (Å²) in [5.41, 5.74) is 3.90. The average Bonchev–Trinajstić information content (AvgIpc) is 3.09. The van der Waals surface area contributed by atoms with Crippen LogP contribution in [0.2, 0.25) is 0 Å². The van der Waals surface area contributed by atoms with Gasteiger partial charge in [0.15, 0.2) is 0 Å². The second kappa shape index (κ2) is 8.31. The molecule has 4 nitrogen and oxygen atoms in total. The molecule has 1 heterocycles. The molecule has 29 heavy (non-hydrogen) atoms. The van der Waals surface area contributed by atoms with E-state index in [-0.39, 0.29) is 24.3 Å². The van der Waals surface area contributed by atoms with Gasteiger partial charge in [0.25, 0.3) is 0 Å². The number of fused-ring (bicyclic) bond motifs is 1. The maximum absolute atomic E-state index is 13.2. The van der Waals surface area contributed by atoms with Gasteiger partial charge in [0.05, 0.1) is 6.54 Å². The maximum atomic E-state index is 13.2. The zero-order chi connectivity index (χ0) is 20.2. The van der Waals surface area contributed by atoms with Crippen LogP contribution in [-0.4, -0.2) is 17.9 Å². The highest BCUT2D eigenvalue weighted by atomic mass is 16.2. The van der Waals surface area contributed by atoms with Gasteiger partial charge < -0.3 is 9.80 Å². The van der Waals surface area contributed by atoms with Crippen LogP contribution in [0.15, 0.2) is 84.9 Å². The zero-order valence-electron chi connectivity index (χ0n) is 16.5. The minimum atomic E-state index is -0.193. The Morgan fingerprint density at radius 3 is 2.24 bits per heavy atom. The van der Waals surface area contributed by atoms with E-state index in [1.807, 2.05) is 91.9 Å². The Labute approximate surface area is 171 Å². The van der Waals surface area contributed by atoms with Crippen molar-refractivity contribution in [2.24, 2.45) is 0 Å². The lowest BCUT2D eigenvalue weighted by atomic mass is 10.1. The largest absolute Gasteiger partial charge is 0.309 e. The number of para-hydroxylation sites is 2. The van der Waals surface area contributed by atoms with E-state index in [0.29, 0.717) is 6.54 Å². The van der Waals surface area contributed by atoms with Crippen LogP contribution in [0.4, 0.5) is 11.4 Å². The number of hydrogen-bond donors (Lipinski definition) is 0. The molecule has 3 aromatic rings. The lowest BCUT2D eigenvalue weighted by Gasteiger charge is -2.26. The van der Waals surface area contributed by atoms with Gasteiger partial charge in [0.2, 0.25) is 11.8 Å². The minimum absolute atomic E-state index is 0.0620. The maximum Gasteiger partial charge on any atom is 0.236 e. The summed E-state index contributed by atoms with van der Waals surface area (Å²) >= 11 is 0. The van der Waals surface area contributed by atoms with Gasteiger partial charge in [-0.15, -0.1) is 0 Å². The predicted octanol–water partition coefficient (Wildman–Crippen LogP) is 4.59. The summed E-state index contributed by atoms with van der Waals surface area (Å²) in [6, 6.07) is 27.4. The molecule has 0 aliphatic carbocycles. The number of amides is 2. The number of carbonyl (C=O) groups excluding carboxylic acids is 2. The average molecular weight is 384 g/mol. The van der Waals surface area contributed by atoms with Gasteiger partial charge in [0, 0.05) is 17.4 Å². The number of carbonyl (C=O) groups is 2. The third-order valence-electron chi connectivity index (χ3n) is 5.33. The Morgan fingerprint density at radius 1 is 0.897 bits per heavy atom. The number of rotatable bonds is 5. The predicted molar refractivity (Wildman–Crippen MR) is 116 cm³/mol. The van der Waals surface area contributed by atoms with Crippen molar-refractivity contribution in [2.45, 2.75) is 32.4 Å². The normalized spacial score (nSPS) is 15.1. The molecule has 1 atom stereocenters. The lowest BCUT2D eigenvalue weighted by molar-refractivity contribution is -0.126. The second-order valence-electron chi connectivity index (χ2n) is 7.42. The summed E-state index contributed by atoms with van der Waals surface area (Å²) in [5, 5.41) is 0. The van der Waals surface area contributed by atoms with E-state index in [1.165, 1.54) is 0 Å². The van der Waals surface area contributed by atoms with Crippen molar-refractivity contribution in [3.63, 3.8) is 0 Å². The van der Waals surface area contributed by atoms with Crippen LogP contribution >= 0.6 is 0 Å². The minimum Gasteiger partial charge on any atom is -0.309 e. The molecule has 0 spiro atoms. The monoisotopic (exact) mass is 384 g/mol. The molecule has 1 aliphatic heterocycles. The van der Waals surface area contributed by atoms with Crippen molar-refractivity contribution in [2.75, 3.05) is 9.80 Å². The smallest absolute Gasteiger partial charge is 0.236 e. The van der Waals surface area contributed by atoms with Crippen LogP contribution < -0.4 is 9.80 Å². The van der Waals surface area contributed by atoms with Gasteiger partial charge >= 0.3 is 0 Å². The standard InChI is InChI=1S/C25H24N2O2/c1-19-16-21-12-8-9-15-23(21)27(19)25(29)17-24(28)26(22-13-6-3-7-14-22)18-20-10-4-2-5-11-20/h2-15,19H,16-18H2,1H3. The first-order valence-electron chi connectivity index (χ1n) is 9.93. The summed E-state index contributed by atoms with van der Waals surface area (Å²) in [7, 11) is 0. The van der Waals surface area contributed by atoms with Crippen molar-refractivity contribution in [1.82, 2.24) is 0 Å². The Balaban J connectivity index is 1.56. The molecule has 0 N–H and O–H groups in total. The van der Waals surface area contributed by atoms with Crippen LogP contribution in [0.25, 0.3) is 0 Å². The van der Waals surface area contributed by atoms with Crippen molar-refractivity contribution in [3.05, 3.63) is 96.1 Å². The molecule has 1 aliphatic rings. The quantitative estimate of drug-likeness (QED) is 0.604. The molecule has 2 amide bonds. The van der Waals surface area contributed by atoms with Gasteiger partial charge in [-0.3, -0.25) is 9.59 Å². The van der Waals surface area contributed by atoms with E-state index in [1.54, 1.807) is 9.80 Å². The molecule has 0 bridgehead atoms. The lowest BCUT2D eigenvalue weighted by Crippen LogP contribution is -2.40. The van der Waals surface area contributed by atoms with Gasteiger partial charge in [-0.05, 0) is 42.7 Å². The molecule has 4 rings (SSSR count). The van der Waals surface area contributed by atoms with E-state index in [4.69, 9.17) is 0 Å². The van der Waals surface area contributed by atoms with Gasteiger partial charge in [-0.2, -0.15) is 0 Å². The van der Waals surface area contributed by atoms with E-state index < -0.39 is 0 Å². The van der Waals surface area contributed by atoms with Crippen molar-refractivity contribution >= 4 is 23.2 Å². The van der Waals surface area contributed by atoms with Crippen molar-refractivity contribution in [1.29, 1.82) is 0 Å². The molecule has 146 valence electrons. The van der Waals surface area contributed by atoms with Crippen LogP contribution in [0, 0.1) is 0 Å². The fraction of sp³-hybridized carbons (Fsp3) is 0.200. The molecular formula is C25H24N2O2.